The number of hydrogen-bond acceptors (Lipinski definition) is 5. The van der Waals surface area contributed by atoms with E-state index in [1.54, 1.807) is 24.3 Å². The van der Waals surface area contributed by atoms with E-state index >= 15 is 0 Å². The topological polar surface area (TPSA) is 93.1 Å². The quantitative estimate of drug-likeness (QED) is 0.685. The number of ether oxygens (including phenoxy) is 2. The minimum absolute atomic E-state index is 0.00809. The summed E-state index contributed by atoms with van der Waals surface area (Å²) in [6.07, 6.45) is 0.835. The van der Waals surface area contributed by atoms with E-state index in [0.717, 1.165) is 10.7 Å². The van der Waals surface area contributed by atoms with Crippen LogP contribution >= 0.6 is 0 Å². The molecule has 2 rings (SSSR count). The zero-order valence-corrected chi connectivity index (χ0v) is 17.1. The van der Waals surface area contributed by atoms with Gasteiger partial charge in [0.1, 0.15) is 17.5 Å². The second kappa shape index (κ2) is 9.07. The molecule has 8 heteroatoms. The SMILES string of the molecule is CCC(C)Oc1ccc(S(=O)(=O)N(C)C(C(=O)O)c2ccc(OC)cc2)cc1. The summed E-state index contributed by atoms with van der Waals surface area (Å²) >= 11 is 0. The van der Waals surface area contributed by atoms with Crippen LogP contribution in [-0.4, -0.2) is 44.1 Å². The Balaban J connectivity index is 2.32. The van der Waals surface area contributed by atoms with Gasteiger partial charge in [-0.2, -0.15) is 4.31 Å². The maximum atomic E-state index is 13.0. The molecule has 7 nitrogen and oxygen atoms in total. The Hall–Kier alpha value is -2.58. The molecule has 2 atom stereocenters. The van der Waals surface area contributed by atoms with Gasteiger partial charge < -0.3 is 14.6 Å². The summed E-state index contributed by atoms with van der Waals surface area (Å²) in [5, 5.41) is 9.65. The molecule has 0 fully saturated rings. The van der Waals surface area contributed by atoms with Gasteiger partial charge in [-0.25, -0.2) is 8.42 Å². The van der Waals surface area contributed by atoms with Crippen LogP contribution in [0.5, 0.6) is 11.5 Å². The summed E-state index contributed by atoms with van der Waals surface area (Å²) in [5.41, 5.74) is 0.330. The Morgan fingerprint density at radius 1 is 1.07 bits per heavy atom. The zero-order chi connectivity index (χ0) is 20.9. The first-order valence-corrected chi connectivity index (χ1v) is 10.3. The number of benzene rings is 2. The van der Waals surface area contributed by atoms with Crippen molar-refractivity contribution in [3.8, 4) is 11.5 Å². The van der Waals surface area contributed by atoms with E-state index < -0.39 is 22.0 Å². The third-order valence-corrected chi connectivity index (χ3v) is 6.28. The lowest BCUT2D eigenvalue weighted by Gasteiger charge is -2.25. The van der Waals surface area contributed by atoms with Gasteiger partial charge in [0.2, 0.25) is 10.0 Å². The van der Waals surface area contributed by atoms with Crippen LogP contribution in [-0.2, 0) is 14.8 Å². The van der Waals surface area contributed by atoms with E-state index in [4.69, 9.17) is 9.47 Å². The number of nitrogens with zero attached hydrogens (tertiary/aromatic N) is 1. The lowest BCUT2D eigenvalue weighted by molar-refractivity contribution is -0.141. The molecule has 0 aliphatic rings. The normalized spacial score (nSPS) is 13.8. The van der Waals surface area contributed by atoms with Gasteiger partial charge in [-0.15, -0.1) is 0 Å². The molecule has 0 heterocycles. The van der Waals surface area contributed by atoms with E-state index in [9.17, 15) is 18.3 Å². The van der Waals surface area contributed by atoms with Crippen molar-refractivity contribution < 1.29 is 27.8 Å². The number of carbonyl (C=O) groups is 1. The van der Waals surface area contributed by atoms with Gasteiger partial charge >= 0.3 is 5.97 Å². The summed E-state index contributed by atoms with van der Waals surface area (Å²) in [6.45, 7) is 3.91. The highest BCUT2D eigenvalue weighted by atomic mass is 32.2. The zero-order valence-electron chi connectivity index (χ0n) is 16.3. The van der Waals surface area contributed by atoms with Crippen LogP contribution in [0.2, 0.25) is 0 Å². The highest BCUT2D eigenvalue weighted by Gasteiger charge is 2.34. The Kier molecular flexibility index (Phi) is 7.04. The molecule has 2 aromatic rings. The number of likely N-dealkylation sites (N-methyl/N-ethyl adjacent to an activating group) is 1. The predicted molar refractivity (Wildman–Crippen MR) is 105 cm³/mol. The minimum atomic E-state index is -4.03. The third kappa shape index (κ3) is 4.82. The highest BCUT2D eigenvalue weighted by molar-refractivity contribution is 7.89. The lowest BCUT2D eigenvalue weighted by atomic mass is 10.1. The van der Waals surface area contributed by atoms with Crippen molar-refractivity contribution in [1.82, 2.24) is 4.31 Å². The molecule has 0 aromatic heterocycles. The van der Waals surface area contributed by atoms with Crippen LogP contribution in [0.25, 0.3) is 0 Å². The number of rotatable bonds is 9. The van der Waals surface area contributed by atoms with Gasteiger partial charge in [-0.3, -0.25) is 4.79 Å². The van der Waals surface area contributed by atoms with E-state index in [-0.39, 0.29) is 11.0 Å². The molecule has 0 radical (unpaired) electrons. The summed E-state index contributed by atoms with van der Waals surface area (Å²) < 4.78 is 37.5. The van der Waals surface area contributed by atoms with E-state index in [1.165, 1.54) is 38.4 Å². The number of aliphatic carboxylic acids is 1. The molecule has 2 aromatic carbocycles. The van der Waals surface area contributed by atoms with Gasteiger partial charge in [0, 0.05) is 7.05 Å². The van der Waals surface area contributed by atoms with Gasteiger partial charge in [-0.05, 0) is 55.3 Å². The monoisotopic (exact) mass is 407 g/mol. The molecule has 0 aliphatic carbocycles. The number of carboxylic acids is 1. The molecule has 28 heavy (non-hydrogen) atoms. The number of methoxy groups -OCH3 is 1. The van der Waals surface area contributed by atoms with E-state index in [1.807, 2.05) is 13.8 Å². The molecule has 152 valence electrons. The van der Waals surface area contributed by atoms with Gasteiger partial charge in [0.25, 0.3) is 0 Å². The summed E-state index contributed by atoms with van der Waals surface area (Å²) in [4.78, 5) is 11.8. The highest BCUT2D eigenvalue weighted by Crippen LogP contribution is 2.28. The van der Waals surface area contributed by atoms with Gasteiger partial charge in [0.15, 0.2) is 0 Å². The second-order valence-corrected chi connectivity index (χ2v) is 8.34. The molecule has 0 bridgehead atoms. The van der Waals surface area contributed by atoms with Crippen molar-refractivity contribution in [2.75, 3.05) is 14.2 Å². The van der Waals surface area contributed by atoms with Crippen LogP contribution in [0, 0.1) is 0 Å². The van der Waals surface area contributed by atoms with Gasteiger partial charge in [0.05, 0.1) is 18.1 Å². The summed E-state index contributed by atoms with van der Waals surface area (Å²) in [6, 6.07) is 10.8. The van der Waals surface area contributed by atoms with Crippen LogP contribution in [0.4, 0.5) is 0 Å². The Morgan fingerprint density at radius 3 is 2.07 bits per heavy atom. The average molecular weight is 407 g/mol. The van der Waals surface area contributed by atoms with Crippen molar-refractivity contribution in [3.05, 3.63) is 54.1 Å². The fourth-order valence-corrected chi connectivity index (χ4v) is 3.91. The maximum Gasteiger partial charge on any atom is 0.326 e. The van der Waals surface area contributed by atoms with Crippen molar-refractivity contribution >= 4 is 16.0 Å². The Bertz CT molecular complexity index is 893. The Morgan fingerprint density at radius 2 is 1.61 bits per heavy atom. The standard InChI is InChI=1S/C20H25NO6S/c1-5-14(2)27-17-10-12-18(13-11-17)28(24,25)21(3)19(20(22)23)15-6-8-16(26-4)9-7-15/h6-14,19H,5H2,1-4H3,(H,22,23). The third-order valence-electron chi connectivity index (χ3n) is 4.44. The first-order chi connectivity index (χ1) is 13.2. The largest absolute Gasteiger partial charge is 0.497 e. The minimum Gasteiger partial charge on any atom is -0.497 e. The Labute approximate surface area is 165 Å². The van der Waals surface area contributed by atoms with E-state index in [2.05, 4.69) is 0 Å². The fourth-order valence-electron chi connectivity index (χ4n) is 2.61. The molecular formula is C20H25NO6S. The smallest absolute Gasteiger partial charge is 0.326 e. The average Bonchev–Trinajstić information content (AvgIpc) is 2.68. The molecular weight excluding hydrogens is 382 g/mol. The van der Waals surface area contributed by atoms with Crippen LogP contribution < -0.4 is 9.47 Å². The molecule has 0 amide bonds. The first-order valence-electron chi connectivity index (χ1n) is 8.82. The van der Waals surface area contributed by atoms with Gasteiger partial charge in [-0.1, -0.05) is 19.1 Å². The fraction of sp³-hybridized carbons (Fsp3) is 0.350. The van der Waals surface area contributed by atoms with Crippen LogP contribution in [0.15, 0.2) is 53.4 Å². The van der Waals surface area contributed by atoms with E-state index in [0.29, 0.717) is 17.1 Å². The molecule has 0 saturated carbocycles. The second-order valence-electron chi connectivity index (χ2n) is 6.34. The van der Waals surface area contributed by atoms with Crippen molar-refractivity contribution in [1.29, 1.82) is 0 Å². The molecule has 0 aliphatic heterocycles. The summed E-state index contributed by atoms with van der Waals surface area (Å²) in [5.74, 6) is -0.163. The molecule has 2 unspecified atom stereocenters. The van der Waals surface area contributed by atoms with Crippen LogP contribution in [0.3, 0.4) is 0 Å². The lowest BCUT2D eigenvalue weighted by Crippen LogP contribution is -2.35. The van der Waals surface area contributed by atoms with Crippen LogP contribution in [0.1, 0.15) is 31.9 Å². The number of hydrogen-bond donors (Lipinski definition) is 1. The molecule has 0 saturated heterocycles. The maximum absolute atomic E-state index is 13.0. The van der Waals surface area contributed by atoms with Crippen molar-refractivity contribution in [2.24, 2.45) is 0 Å². The molecule has 0 spiro atoms. The first kappa shape index (κ1) is 21.7. The number of carboxylic acid groups (broad SMARTS) is 1. The number of sulfonamides is 1. The van der Waals surface area contributed by atoms with Crippen molar-refractivity contribution in [3.63, 3.8) is 0 Å². The van der Waals surface area contributed by atoms with Crippen molar-refractivity contribution in [2.45, 2.75) is 37.3 Å². The summed E-state index contributed by atoms with van der Waals surface area (Å²) in [7, 11) is -1.29. The predicted octanol–water partition coefficient (Wildman–Crippen LogP) is 3.32. The molecule has 1 N–H and O–H groups in total.